The zero-order valence-electron chi connectivity index (χ0n) is 14.5. The molecule has 0 unspecified atom stereocenters. The molecule has 0 bridgehead atoms. The van der Waals surface area contributed by atoms with Crippen molar-refractivity contribution >= 4 is 0 Å². The molecule has 0 radical (unpaired) electrons. The summed E-state index contributed by atoms with van der Waals surface area (Å²) < 4.78 is 33.5. The molecule has 1 N–H and O–H groups in total. The molecular formula is C20H25F2NO. The lowest BCUT2D eigenvalue weighted by Gasteiger charge is -2.18. The van der Waals surface area contributed by atoms with E-state index in [9.17, 15) is 8.78 Å². The average molecular weight is 333 g/mol. The van der Waals surface area contributed by atoms with Gasteiger partial charge in [-0.3, -0.25) is 0 Å². The minimum atomic E-state index is -2.91. The highest BCUT2D eigenvalue weighted by molar-refractivity contribution is 5.32. The Morgan fingerprint density at radius 2 is 1.62 bits per heavy atom. The predicted octanol–water partition coefficient (Wildman–Crippen LogP) is 4.70. The Labute approximate surface area is 142 Å². The van der Waals surface area contributed by atoms with Gasteiger partial charge in [-0.1, -0.05) is 32.0 Å². The van der Waals surface area contributed by atoms with Crippen LogP contribution in [0.4, 0.5) is 8.78 Å². The largest absolute Gasteiger partial charge is 0.497 e. The van der Waals surface area contributed by atoms with Crippen LogP contribution in [0, 0.1) is 0 Å². The van der Waals surface area contributed by atoms with Crippen molar-refractivity contribution in [2.75, 3.05) is 13.7 Å². The molecule has 0 saturated carbocycles. The summed E-state index contributed by atoms with van der Waals surface area (Å²) in [7, 11) is 1.52. The third-order valence-electron chi connectivity index (χ3n) is 4.22. The lowest BCUT2D eigenvalue weighted by Crippen LogP contribution is -2.30. The van der Waals surface area contributed by atoms with Crippen LogP contribution in [0.2, 0.25) is 0 Å². The Morgan fingerprint density at radius 3 is 2.21 bits per heavy atom. The van der Waals surface area contributed by atoms with Gasteiger partial charge in [0, 0.05) is 12.1 Å². The summed E-state index contributed by atoms with van der Waals surface area (Å²) in [6.45, 7) is 4.28. The topological polar surface area (TPSA) is 21.3 Å². The molecule has 0 aliphatic rings. The molecular weight excluding hydrogens is 308 g/mol. The van der Waals surface area contributed by atoms with E-state index in [1.807, 2.05) is 6.07 Å². The van der Waals surface area contributed by atoms with Crippen molar-refractivity contribution in [1.82, 2.24) is 5.32 Å². The fraction of sp³-hybridized carbons (Fsp3) is 0.400. The van der Waals surface area contributed by atoms with Gasteiger partial charge < -0.3 is 10.1 Å². The SMILES string of the molecule is CCc1ccc(CNCC(F)(F)c2ccc(OC)cc2)cc1CC. The first-order valence-electron chi connectivity index (χ1n) is 8.34. The third-order valence-corrected chi connectivity index (χ3v) is 4.22. The molecule has 0 aliphatic carbocycles. The standard InChI is InChI=1S/C20H25F2NO/c1-4-16-7-6-15(12-17(16)5-2)13-23-14-20(21,22)18-8-10-19(24-3)11-9-18/h6-12,23H,4-5,13-14H2,1-3H3. The van der Waals surface area contributed by atoms with E-state index < -0.39 is 12.5 Å². The number of rotatable bonds is 8. The number of aryl methyl sites for hydroxylation is 2. The Kier molecular flexibility index (Phi) is 6.32. The molecule has 0 heterocycles. The molecule has 24 heavy (non-hydrogen) atoms. The fourth-order valence-electron chi connectivity index (χ4n) is 2.76. The normalized spacial score (nSPS) is 11.5. The maximum Gasteiger partial charge on any atom is 0.285 e. The Bertz CT molecular complexity index is 653. The summed E-state index contributed by atoms with van der Waals surface area (Å²) in [6.07, 6.45) is 1.95. The molecule has 130 valence electrons. The van der Waals surface area contributed by atoms with Crippen LogP contribution in [0.3, 0.4) is 0 Å². The number of benzene rings is 2. The molecule has 2 aromatic carbocycles. The third kappa shape index (κ3) is 4.54. The van der Waals surface area contributed by atoms with Gasteiger partial charge in [0.25, 0.3) is 5.92 Å². The van der Waals surface area contributed by atoms with Crippen molar-refractivity contribution in [2.24, 2.45) is 0 Å². The molecule has 0 aromatic heterocycles. The van der Waals surface area contributed by atoms with Gasteiger partial charge in [0.1, 0.15) is 5.75 Å². The lowest BCUT2D eigenvalue weighted by atomic mass is 10.00. The Morgan fingerprint density at radius 1 is 0.958 bits per heavy atom. The van der Waals surface area contributed by atoms with Crippen molar-refractivity contribution in [3.05, 3.63) is 64.7 Å². The minimum absolute atomic E-state index is 0.00798. The average Bonchev–Trinajstić information content (AvgIpc) is 2.61. The van der Waals surface area contributed by atoms with Crippen LogP contribution in [0.1, 0.15) is 36.1 Å². The highest BCUT2D eigenvalue weighted by Gasteiger charge is 2.30. The molecule has 0 aliphatic heterocycles. The predicted molar refractivity (Wildman–Crippen MR) is 93.8 cm³/mol. The number of hydrogen-bond acceptors (Lipinski definition) is 2. The van der Waals surface area contributed by atoms with E-state index in [1.54, 1.807) is 12.1 Å². The quantitative estimate of drug-likeness (QED) is 0.756. The zero-order chi connectivity index (χ0) is 17.6. The summed E-state index contributed by atoms with van der Waals surface area (Å²) in [4.78, 5) is 0. The van der Waals surface area contributed by atoms with Crippen molar-refractivity contribution < 1.29 is 13.5 Å². The monoisotopic (exact) mass is 333 g/mol. The Hall–Kier alpha value is -1.94. The minimum Gasteiger partial charge on any atom is -0.497 e. The first-order valence-corrected chi connectivity index (χ1v) is 8.34. The summed E-state index contributed by atoms with van der Waals surface area (Å²) in [5.41, 5.74) is 3.64. The van der Waals surface area contributed by atoms with E-state index in [4.69, 9.17) is 4.74 Å². The van der Waals surface area contributed by atoms with Gasteiger partial charge in [-0.25, -0.2) is 0 Å². The first kappa shape index (κ1) is 18.4. The maximum atomic E-state index is 14.3. The molecule has 2 aromatic rings. The van der Waals surface area contributed by atoms with Gasteiger partial charge in [-0.15, -0.1) is 0 Å². The van der Waals surface area contributed by atoms with Crippen molar-refractivity contribution in [3.8, 4) is 5.75 Å². The molecule has 0 amide bonds. The summed E-state index contributed by atoms with van der Waals surface area (Å²) in [6, 6.07) is 12.1. The number of alkyl halides is 2. The first-order chi connectivity index (χ1) is 11.5. The van der Waals surface area contributed by atoms with E-state index in [0.717, 1.165) is 18.4 Å². The van der Waals surface area contributed by atoms with Crippen LogP contribution < -0.4 is 10.1 Å². The summed E-state index contributed by atoms with van der Waals surface area (Å²) >= 11 is 0. The highest BCUT2D eigenvalue weighted by atomic mass is 19.3. The summed E-state index contributed by atoms with van der Waals surface area (Å²) in [5.74, 6) is -2.34. The van der Waals surface area contributed by atoms with Gasteiger partial charge in [0.2, 0.25) is 0 Å². The van der Waals surface area contributed by atoms with Crippen molar-refractivity contribution in [2.45, 2.75) is 39.2 Å². The molecule has 0 spiro atoms. The van der Waals surface area contributed by atoms with E-state index >= 15 is 0 Å². The van der Waals surface area contributed by atoms with Gasteiger partial charge in [-0.05, 0) is 53.8 Å². The van der Waals surface area contributed by atoms with Crippen LogP contribution in [0.25, 0.3) is 0 Å². The number of hydrogen-bond donors (Lipinski definition) is 1. The smallest absolute Gasteiger partial charge is 0.285 e. The maximum absolute atomic E-state index is 14.3. The second-order valence-corrected chi connectivity index (χ2v) is 5.85. The number of nitrogens with one attached hydrogen (secondary N) is 1. The molecule has 2 nitrogen and oxygen atoms in total. The molecule has 0 fully saturated rings. The zero-order valence-corrected chi connectivity index (χ0v) is 14.5. The lowest BCUT2D eigenvalue weighted by molar-refractivity contribution is -0.00346. The number of ether oxygens (including phenoxy) is 1. The Balaban J connectivity index is 1.97. The van der Waals surface area contributed by atoms with Gasteiger partial charge >= 0.3 is 0 Å². The van der Waals surface area contributed by atoms with Crippen LogP contribution >= 0.6 is 0 Å². The number of methoxy groups -OCH3 is 1. The van der Waals surface area contributed by atoms with Gasteiger partial charge in [-0.2, -0.15) is 8.78 Å². The highest BCUT2D eigenvalue weighted by Crippen LogP contribution is 2.28. The second-order valence-electron chi connectivity index (χ2n) is 5.85. The van der Waals surface area contributed by atoms with Crippen LogP contribution in [0.15, 0.2) is 42.5 Å². The molecule has 0 saturated heterocycles. The molecule has 4 heteroatoms. The van der Waals surface area contributed by atoms with Crippen LogP contribution in [-0.4, -0.2) is 13.7 Å². The van der Waals surface area contributed by atoms with Crippen LogP contribution in [0.5, 0.6) is 5.75 Å². The van der Waals surface area contributed by atoms with Crippen molar-refractivity contribution in [1.29, 1.82) is 0 Å². The van der Waals surface area contributed by atoms with Crippen molar-refractivity contribution in [3.63, 3.8) is 0 Å². The summed E-state index contributed by atoms with van der Waals surface area (Å²) in [5, 5.41) is 2.88. The van der Waals surface area contributed by atoms with E-state index in [0.29, 0.717) is 12.3 Å². The van der Waals surface area contributed by atoms with E-state index in [-0.39, 0.29) is 5.56 Å². The van der Waals surface area contributed by atoms with E-state index in [1.165, 1.54) is 30.4 Å². The number of halogens is 2. The fourth-order valence-corrected chi connectivity index (χ4v) is 2.76. The van der Waals surface area contributed by atoms with E-state index in [2.05, 4.69) is 31.3 Å². The van der Waals surface area contributed by atoms with Crippen LogP contribution in [-0.2, 0) is 25.3 Å². The molecule has 0 atom stereocenters. The molecule has 2 rings (SSSR count). The second kappa shape index (κ2) is 8.25. The van der Waals surface area contributed by atoms with Gasteiger partial charge in [0.15, 0.2) is 0 Å². The van der Waals surface area contributed by atoms with Gasteiger partial charge in [0.05, 0.1) is 13.7 Å².